The number of amides is 7. The van der Waals surface area contributed by atoms with Gasteiger partial charge in [-0.25, -0.2) is 43.4 Å². The third-order valence-corrected chi connectivity index (χ3v) is 20.9. The van der Waals surface area contributed by atoms with Crippen LogP contribution in [0.2, 0.25) is 0 Å². The number of hydrogen-bond donors (Lipinski definition) is 7. The van der Waals surface area contributed by atoms with E-state index in [4.69, 9.17) is 24.4 Å². The number of aryl methyl sites for hydroxylation is 1. The highest BCUT2D eigenvalue weighted by molar-refractivity contribution is 8.15. The average Bonchev–Trinajstić information content (AvgIpc) is 1.52. The minimum absolute atomic E-state index is 0.00394. The maximum atomic E-state index is 14.1. The lowest BCUT2D eigenvalue weighted by Crippen LogP contribution is -2.42. The number of amidine groups is 1. The summed E-state index contributed by atoms with van der Waals surface area (Å²) in [6, 6.07) is 53.8. The molecule has 1 aliphatic heterocycles. The molecule has 1 fully saturated rings. The van der Waals surface area contributed by atoms with Crippen LogP contribution in [0.25, 0.3) is 62.4 Å². The van der Waals surface area contributed by atoms with E-state index >= 15 is 0 Å². The molecular formula is C87H79F9N18O7S3. The van der Waals surface area contributed by atoms with E-state index in [0.29, 0.717) is 106 Å². The van der Waals surface area contributed by atoms with Crippen LogP contribution < -0.4 is 56.3 Å². The first-order valence-corrected chi connectivity index (χ1v) is 40.6. The number of urea groups is 3. The standard InChI is InChI=1S/C87H79F9N18O7S3/c1-51(2)69-35-14-57(44-72(69)103-82(122)105-79(116)97-41-38-54-8-15-58(16-9-54)76-100-48-111(108-76)63-23-29-66(30-24-63)119-85(88,89)90)7-6-53(5)71-37-22-61(45-73(71)104-83(123)106-80(117)98-42-39-55-10-17-59(18-11-55)77-101-49-112(109-77)64-25-31-67(32-26-64)120-86(91,92)93)62-21-36-70(52(3)4)74(46-62)114-75(115)47-124-84(114)107-81(118)99-43-40-56-12-19-60(20-13-56)78-102-50-113(110-78)65-27-33-68(34-28-65)121-87(94,95)96/h8-37,44-46,48-53H,6-7,38-43,47H2,1-5H3,(H,99,118)(H3,97,103,105,116,122)(H3,98,104,106,117,123). The van der Waals surface area contributed by atoms with Gasteiger partial charge in [-0.1, -0.05) is 156 Å². The van der Waals surface area contributed by atoms with Gasteiger partial charge in [0.25, 0.3) is 0 Å². The molecule has 0 spiro atoms. The van der Waals surface area contributed by atoms with Crippen LogP contribution >= 0.6 is 36.2 Å². The van der Waals surface area contributed by atoms with Crippen molar-refractivity contribution in [3.05, 3.63) is 258 Å². The molecule has 1 saturated heterocycles. The molecule has 124 heavy (non-hydrogen) atoms. The van der Waals surface area contributed by atoms with Crippen LogP contribution in [-0.2, 0) is 30.5 Å². The summed E-state index contributed by atoms with van der Waals surface area (Å²) in [5.74, 6) is -0.377. The van der Waals surface area contributed by atoms with Crippen molar-refractivity contribution in [2.45, 2.75) is 104 Å². The van der Waals surface area contributed by atoms with E-state index in [1.54, 1.807) is 0 Å². The van der Waals surface area contributed by atoms with Crippen molar-refractivity contribution in [3.8, 4) is 79.6 Å². The van der Waals surface area contributed by atoms with Gasteiger partial charge in [0.05, 0.1) is 28.5 Å². The maximum Gasteiger partial charge on any atom is 0.573 e. The van der Waals surface area contributed by atoms with E-state index in [-0.39, 0.29) is 81.7 Å². The summed E-state index contributed by atoms with van der Waals surface area (Å²) in [6.45, 7) is 10.9. The van der Waals surface area contributed by atoms with Gasteiger partial charge in [0.1, 0.15) is 36.2 Å². The Kier molecular flexibility index (Phi) is 27.8. The fourth-order valence-electron chi connectivity index (χ4n) is 13.4. The van der Waals surface area contributed by atoms with Crippen LogP contribution in [-0.4, -0.2) is 128 Å². The lowest BCUT2D eigenvalue weighted by atomic mass is 9.89. The Morgan fingerprint density at radius 1 is 0.444 bits per heavy atom. The van der Waals surface area contributed by atoms with Gasteiger partial charge in [-0.05, 0) is 215 Å². The van der Waals surface area contributed by atoms with Gasteiger partial charge >= 0.3 is 37.2 Å². The van der Waals surface area contributed by atoms with E-state index in [9.17, 15) is 58.7 Å². The molecule has 0 bridgehead atoms. The molecule has 4 heterocycles. The molecule has 1 unspecified atom stereocenters. The predicted molar refractivity (Wildman–Crippen MR) is 461 cm³/mol. The number of ether oxygens (including phenoxy) is 3. The van der Waals surface area contributed by atoms with E-state index < -0.39 is 37.2 Å². The Balaban J connectivity index is 0.656. The molecular weight excluding hydrogens is 1680 g/mol. The lowest BCUT2D eigenvalue weighted by Gasteiger charge is -2.23. The Morgan fingerprint density at radius 2 is 0.806 bits per heavy atom. The number of rotatable bonds is 28. The Morgan fingerprint density at radius 3 is 1.21 bits per heavy atom. The highest BCUT2D eigenvalue weighted by Crippen LogP contribution is 2.40. The second-order valence-corrected chi connectivity index (χ2v) is 30.8. The molecule has 9 aromatic carbocycles. The molecule has 13 rings (SSSR count). The number of carbonyl (C=O) groups is 4. The zero-order chi connectivity index (χ0) is 88.0. The summed E-state index contributed by atoms with van der Waals surface area (Å²) >= 11 is 12.7. The van der Waals surface area contributed by atoms with Gasteiger partial charge in [-0.15, -0.1) is 54.8 Å². The lowest BCUT2D eigenvalue weighted by molar-refractivity contribution is -0.275. The van der Waals surface area contributed by atoms with Gasteiger partial charge in [0.15, 0.2) is 32.9 Å². The molecule has 640 valence electrons. The zero-order valence-corrected chi connectivity index (χ0v) is 69.2. The first-order chi connectivity index (χ1) is 59.2. The number of carbonyl (C=O) groups excluding carboxylic acids is 4. The smallest absolute Gasteiger partial charge is 0.406 e. The molecule has 0 aliphatic carbocycles. The van der Waals surface area contributed by atoms with Gasteiger partial charge in [-0.2, -0.15) is 4.99 Å². The Labute approximate surface area is 719 Å². The number of thiocarbonyl (C=S) groups is 2. The average molecular weight is 1760 g/mol. The van der Waals surface area contributed by atoms with E-state index in [1.165, 1.54) is 111 Å². The molecule has 7 amide bonds. The van der Waals surface area contributed by atoms with Crippen molar-refractivity contribution in [1.29, 1.82) is 0 Å². The number of aromatic nitrogens is 9. The molecule has 7 N–H and O–H groups in total. The number of hydrogen-bond acceptors (Lipinski definition) is 16. The molecule has 1 atom stereocenters. The third kappa shape index (κ3) is 24.2. The van der Waals surface area contributed by atoms with Crippen molar-refractivity contribution in [2.24, 2.45) is 4.99 Å². The quantitative estimate of drug-likeness (QED) is 0.0177. The largest absolute Gasteiger partial charge is 0.573 e. The SMILES string of the molecule is CC(C)c1ccc(CCC(C)c2ccc(-c3ccc(C(C)C)c(N4C(=O)CSC4=NC(=O)NCCc4ccc(-c5ncn(-c6ccc(OC(F)(F)F)cc6)n5)cc4)c3)cc2NC(=S)NC(=O)NCCc2ccc(-c3ncn(-c4ccc(OC(F)(F)F)cc4)n3)cc2)cc1NC(=S)NC(=O)NCCc1ccc(-c2ncn(-c3ccc(OC(F)(F)F)cc3)n2)cc1. The second-order valence-electron chi connectivity index (χ2n) is 29.1. The number of benzene rings is 9. The summed E-state index contributed by atoms with van der Waals surface area (Å²) in [4.78, 5) is 73.7. The van der Waals surface area contributed by atoms with Crippen molar-refractivity contribution in [3.63, 3.8) is 0 Å². The number of nitrogens with one attached hydrogen (secondary N) is 7. The van der Waals surface area contributed by atoms with Crippen molar-refractivity contribution in [1.82, 2.24) is 70.9 Å². The monoisotopic (exact) mass is 1750 g/mol. The number of anilines is 3. The maximum absolute atomic E-state index is 14.1. The number of thioether (sulfide) groups is 1. The van der Waals surface area contributed by atoms with Gasteiger partial charge in [-0.3, -0.25) is 20.3 Å². The third-order valence-electron chi connectivity index (χ3n) is 19.5. The number of aliphatic imine (C=N–C) groups is 1. The number of alkyl halides is 9. The van der Waals surface area contributed by atoms with Crippen LogP contribution in [0.3, 0.4) is 0 Å². The summed E-state index contributed by atoms with van der Waals surface area (Å²) in [7, 11) is 0. The second kappa shape index (κ2) is 39.1. The number of nitrogens with zero attached hydrogens (tertiary/aromatic N) is 11. The Bertz CT molecular complexity index is 5850. The van der Waals surface area contributed by atoms with Crippen LogP contribution in [0.15, 0.2) is 224 Å². The van der Waals surface area contributed by atoms with E-state index in [2.05, 4.69) is 114 Å². The van der Waals surface area contributed by atoms with Crippen LogP contribution in [0, 0.1) is 0 Å². The fraction of sp³-hybridized carbons (Fsp3) is 0.230. The predicted octanol–water partition coefficient (Wildman–Crippen LogP) is 18.6. The summed E-state index contributed by atoms with van der Waals surface area (Å²) in [5.41, 5.74) is 13.0. The molecule has 3 aromatic heterocycles. The molecule has 0 saturated carbocycles. The summed E-state index contributed by atoms with van der Waals surface area (Å²) in [6.07, 6.45) is -7.60. The molecule has 1 aliphatic rings. The minimum Gasteiger partial charge on any atom is -0.406 e. The van der Waals surface area contributed by atoms with Crippen LogP contribution in [0.1, 0.15) is 97.7 Å². The van der Waals surface area contributed by atoms with Gasteiger partial charge < -0.3 is 40.8 Å². The zero-order valence-electron chi connectivity index (χ0n) is 66.8. The summed E-state index contributed by atoms with van der Waals surface area (Å²) in [5, 5.41) is 34.4. The molecule has 37 heteroatoms. The molecule has 0 radical (unpaired) electrons. The fourth-order valence-corrected chi connectivity index (χ4v) is 14.6. The summed E-state index contributed by atoms with van der Waals surface area (Å²) < 4.78 is 131. The Hall–Kier alpha value is -13.6. The van der Waals surface area contributed by atoms with Crippen molar-refractivity contribution >= 4 is 92.7 Å². The first-order valence-electron chi connectivity index (χ1n) is 38.8. The van der Waals surface area contributed by atoms with Crippen LogP contribution in [0.5, 0.6) is 17.2 Å². The normalized spacial score (nSPS) is 12.9. The first kappa shape index (κ1) is 88.2. The number of halogens is 9. The topological polar surface area (TPSA) is 288 Å². The minimum atomic E-state index is -4.83. The van der Waals surface area contributed by atoms with E-state index in [1.807, 2.05) is 135 Å². The van der Waals surface area contributed by atoms with Crippen LogP contribution in [0.4, 0.5) is 71.0 Å². The van der Waals surface area contributed by atoms with Crippen molar-refractivity contribution in [2.75, 3.05) is 40.9 Å². The van der Waals surface area contributed by atoms with Gasteiger partial charge in [0, 0.05) is 47.7 Å². The van der Waals surface area contributed by atoms with E-state index in [0.717, 1.165) is 56.3 Å². The molecule has 25 nitrogen and oxygen atoms in total. The van der Waals surface area contributed by atoms with Gasteiger partial charge in [0.2, 0.25) is 5.91 Å². The highest BCUT2D eigenvalue weighted by Gasteiger charge is 2.35. The molecule has 12 aromatic rings. The van der Waals surface area contributed by atoms with Crippen molar-refractivity contribution < 1.29 is 72.9 Å². The highest BCUT2D eigenvalue weighted by atomic mass is 32.2.